The molecule has 4 bridgehead atoms. The zero-order valence-electron chi connectivity index (χ0n) is 8.02. The Labute approximate surface area is 97.1 Å². The van der Waals surface area contributed by atoms with Crippen LogP contribution in [0.4, 0.5) is 0 Å². The molecular formula is C11H16Br2. The van der Waals surface area contributed by atoms with Crippen LogP contribution in [0.2, 0.25) is 0 Å². The van der Waals surface area contributed by atoms with Crippen LogP contribution in [-0.4, -0.2) is 8.65 Å². The third kappa shape index (κ3) is 1.20. The molecule has 0 aromatic rings. The maximum absolute atomic E-state index is 4.03. The van der Waals surface area contributed by atoms with Crippen LogP contribution in [0.5, 0.6) is 0 Å². The molecule has 4 aliphatic carbocycles. The first kappa shape index (κ1) is 9.21. The summed E-state index contributed by atoms with van der Waals surface area (Å²) in [4.78, 5) is 0. The molecule has 5 unspecified atom stereocenters. The van der Waals surface area contributed by atoms with E-state index in [2.05, 4.69) is 38.8 Å². The molecule has 0 N–H and O–H groups in total. The van der Waals surface area contributed by atoms with Crippen molar-refractivity contribution in [1.29, 1.82) is 0 Å². The zero-order valence-corrected chi connectivity index (χ0v) is 11.2. The van der Waals surface area contributed by atoms with E-state index in [1.807, 2.05) is 0 Å². The minimum absolute atomic E-state index is 0.487. The van der Waals surface area contributed by atoms with Gasteiger partial charge in [-0.05, 0) is 49.9 Å². The fourth-order valence-corrected chi connectivity index (χ4v) is 7.31. The van der Waals surface area contributed by atoms with E-state index in [-0.39, 0.29) is 0 Å². The molecule has 0 heterocycles. The smallest absolute Gasteiger partial charge is 0.0302 e. The lowest BCUT2D eigenvalue weighted by Gasteiger charge is -2.61. The van der Waals surface area contributed by atoms with E-state index in [1.165, 1.54) is 32.1 Å². The number of hydrogen-bond acceptors (Lipinski definition) is 0. The summed E-state index contributed by atoms with van der Waals surface area (Å²) in [6.45, 7) is 2.45. The third-order valence-electron chi connectivity index (χ3n) is 4.68. The van der Waals surface area contributed by atoms with Gasteiger partial charge in [0.2, 0.25) is 0 Å². The molecule has 0 nitrogen and oxygen atoms in total. The Morgan fingerprint density at radius 2 is 1.92 bits per heavy atom. The fraction of sp³-hybridized carbons (Fsp3) is 1.00. The zero-order chi connectivity index (χ0) is 9.27. The van der Waals surface area contributed by atoms with Gasteiger partial charge in [-0.3, -0.25) is 0 Å². The predicted molar refractivity (Wildman–Crippen MR) is 62.5 cm³/mol. The van der Waals surface area contributed by atoms with Gasteiger partial charge in [-0.2, -0.15) is 0 Å². The third-order valence-corrected chi connectivity index (χ3v) is 6.93. The number of alkyl halides is 2. The first-order chi connectivity index (χ1) is 6.01. The molecule has 2 heteroatoms. The monoisotopic (exact) mass is 306 g/mol. The Morgan fingerprint density at radius 1 is 1.15 bits per heavy atom. The molecule has 0 aromatic heterocycles. The summed E-state index contributed by atoms with van der Waals surface area (Å²) in [5, 5.41) is 0. The van der Waals surface area contributed by atoms with Gasteiger partial charge in [-0.15, -0.1) is 0 Å². The van der Waals surface area contributed by atoms with E-state index in [0.29, 0.717) is 8.65 Å². The minimum Gasteiger partial charge on any atom is -0.0853 e. The lowest BCUT2D eigenvalue weighted by atomic mass is 9.52. The Morgan fingerprint density at radius 3 is 2.54 bits per heavy atom. The maximum Gasteiger partial charge on any atom is 0.0302 e. The molecule has 4 fully saturated rings. The van der Waals surface area contributed by atoms with Crippen LogP contribution in [0.15, 0.2) is 0 Å². The first-order valence-corrected chi connectivity index (χ1v) is 6.97. The van der Waals surface area contributed by atoms with Crippen molar-refractivity contribution >= 4 is 31.9 Å². The highest BCUT2D eigenvalue weighted by Crippen LogP contribution is 2.65. The van der Waals surface area contributed by atoms with Crippen LogP contribution in [0.25, 0.3) is 0 Å². The Bertz CT molecular complexity index is 252. The highest BCUT2D eigenvalue weighted by atomic mass is 79.9. The van der Waals surface area contributed by atoms with Crippen LogP contribution in [-0.2, 0) is 0 Å². The Kier molecular flexibility index (Phi) is 1.81. The Balaban J connectivity index is 2.01. The summed E-state index contributed by atoms with van der Waals surface area (Å²) in [6, 6.07) is 0. The molecule has 0 spiro atoms. The molecule has 4 aliphatic rings. The van der Waals surface area contributed by atoms with E-state index in [4.69, 9.17) is 0 Å². The molecular weight excluding hydrogens is 292 g/mol. The molecule has 74 valence electrons. The second-order valence-corrected chi connectivity index (χ2v) is 8.89. The van der Waals surface area contributed by atoms with Crippen LogP contribution < -0.4 is 0 Å². The standard InChI is InChI=1S/C11H16Br2/c1-7-9-2-8-3-10(12,5-9)6-11(7,13)4-8/h7-9H,2-6H2,1H3. The van der Waals surface area contributed by atoms with Crippen molar-refractivity contribution in [3.8, 4) is 0 Å². The summed E-state index contributed by atoms with van der Waals surface area (Å²) in [7, 11) is 0. The van der Waals surface area contributed by atoms with Crippen LogP contribution in [0, 0.1) is 17.8 Å². The van der Waals surface area contributed by atoms with E-state index in [1.54, 1.807) is 0 Å². The average Bonchev–Trinajstić information content (AvgIpc) is 1.96. The summed E-state index contributed by atoms with van der Waals surface area (Å²) in [6.07, 6.45) is 7.15. The van der Waals surface area contributed by atoms with Crippen LogP contribution in [0.3, 0.4) is 0 Å². The van der Waals surface area contributed by atoms with Gasteiger partial charge >= 0.3 is 0 Å². The van der Waals surface area contributed by atoms with Gasteiger partial charge in [0.1, 0.15) is 0 Å². The van der Waals surface area contributed by atoms with Gasteiger partial charge in [-0.1, -0.05) is 38.8 Å². The molecule has 0 amide bonds. The number of halogens is 2. The Hall–Kier alpha value is 0.960. The van der Waals surface area contributed by atoms with Gasteiger partial charge < -0.3 is 0 Å². The van der Waals surface area contributed by atoms with Crippen molar-refractivity contribution in [2.24, 2.45) is 17.8 Å². The summed E-state index contributed by atoms with van der Waals surface area (Å²) in [5.41, 5.74) is 0. The SMILES string of the molecule is CC1C2CC3CC(Br)(C2)CC1(Br)C3. The van der Waals surface area contributed by atoms with Crippen molar-refractivity contribution in [2.75, 3.05) is 0 Å². The average molecular weight is 308 g/mol. The van der Waals surface area contributed by atoms with Gasteiger partial charge in [-0.25, -0.2) is 0 Å². The van der Waals surface area contributed by atoms with Crippen LogP contribution >= 0.6 is 31.9 Å². The van der Waals surface area contributed by atoms with E-state index < -0.39 is 0 Å². The summed E-state index contributed by atoms with van der Waals surface area (Å²) >= 11 is 8.02. The first-order valence-electron chi connectivity index (χ1n) is 5.39. The van der Waals surface area contributed by atoms with Crippen LogP contribution in [0.1, 0.15) is 39.0 Å². The highest BCUT2D eigenvalue weighted by molar-refractivity contribution is 9.10. The van der Waals surface area contributed by atoms with E-state index in [9.17, 15) is 0 Å². The topological polar surface area (TPSA) is 0 Å². The van der Waals surface area contributed by atoms with Gasteiger partial charge in [0, 0.05) is 8.65 Å². The second-order valence-electron chi connectivity index (χ2n) is 5.63. The molecule has 0 aromatic carbocycles. The molecule has 0 saturated heterocycles. The van der Waals surface area contributed by atoms with E-state index >= 15 is 0 Å². The molecule has 0 radical (unpaired) electrons. The lowest BCUT2D eigenvalue weighted by molar-refractivity contribution is 0.0141. The molecule has 0 aliphatic heterocycles. The van der Waals surface area contributed by atoms with E-state index in [0.717, 1.165) is 17.8 Å². The van der Waals surface area contributed by atoms with Gasteiger partial charge in [0.25, 0.3) is 0 Å². The van der Waals surface area contributed by atoms with Gasteiger partial charge in [0.05, 0.1) is 0 Å². The summed E-state index contributed by atoms with van der Waals surface area (Å²) in [5.74, 6) is 2.89. The minimum atomic E-state index is 0.487. The highest BCUT2D eigenvalue weighted by Gasteiger charge is 2.59. The molecule has 4 rings (SSSR count). The number of hydrogen-bond donors (Lipinski definition) is 0. The molecule has 13 heavy (non-hydrogen) atoms. The lowest BCUT2D eigenvalue weighted by Crippen LogP contribution is -2.58. The second kappa shape index (κ2) is 2.55. The normalized spacial score (nSPS) is 64.4. The summed E-state index contributed by atoms with van der Waals surface area (Å²) < 4.78 is 0.995. The predicted octanol–water partition coefficient (Wildman–Crippen LogP) is 4.11. The van der Waals surface area contributed by atoms with Crippen molar-refractivity contribution in [1.82, 2.24) is 0 Å². The fourth-order valence-electron chi connectivity index (χ4n) is 4.19. The largest absolute Gasteiger partial charge is 0.0853 e. The molecule has 5 atom stereocenters. The molecule has 4 saturated carbocycles. The van der Waals surface area contributed by atoms with Crippen molar-refractivity contribution in [3.63, 3.8) is 0 Å². The van der Waals surface area contributed by atoms with Gasteiger partial charge in [0.15, 0.2) is 0 Å². The quantitative estimate of drug-likeness (QED) is 0.591. The number of rotatable bonds is 0. The van der Waals surface area contributed by atoms with Crippen molar-refractivity contribution < 1.29 is 0 Å². The van der Waals surface area contributed by atoms with Crippen molar-refractivity contribution in [3.05, 3.63) is 0 Å². The maximum atomic E-state index is 4.03. The van der Waals surface area contributed by atoms with Crippen molar-refractivity contribution in [2.45, 2.75) is 47.7 Å².